The first-order valence-electron chi connectivity index (χ1n) is 10.3. The summed E-state index contributed by atoms with van der Waals surface area (Å²) in [5, 5.41) is 2.99. The minimum absolute atomic E-state index is 0.00109. The number of nitrogens with one attached hydrogen (secondary N) is 1. The Bertz CT molecular complexity index is 910. The molecule has 6 nitrogen and oxygen atoms in total. The SMILES string of the molecule is CSc1cccc(N2C[C@@H](C(=O)Nc3ccc(N4CCN(C)CC4)cc3)CC2=O)c1. The number of carbonyl (C=O) groups excluding carboxylic acids is 2. The lowest BCUT2D eigenvalue weighted by Gasteiger charge is -2.34. The highest BCUT2D eigenvalue weighted by Gasteiger charge is 2.35. The number of anilines is 3. The van der Waals surface area contributed by atoms with Crippen LogP contribution >= 0.6 is 11.8 Å². The van der Waals surface area contributed by atoms with Gasteiger partial charge in [0.15, 0.2) is 0 Å². The maximum Gasteiger partial charge on any atom is 0.229 e. The molecule has 0 bridgehead atoms. The molecule has 2 aliphatic heterocycles. The summed E-state index contributed by atoms with van der Waals surface area (Å²) in [6.07, 6.45) is 2.25. The van der Waals surface area contributed by atoms with E-state index in [-0.39, 0.29) is 24.2 Å². The molecule has 0 radical (unpaired) electrons. The highest BCUT2D eigenvalue weighted by molar-refractivity contribution is 7.98. The Balaban J connectivity index is 1.36. The van der Waals surface area contributed by atoms with E-state index in [2.05, 4.69) is 34.3 Å². The third-order valence-corrected chi connectivity index (χ3v) is 6.59. The van der Waals surface area contributed by atoms with Gasteiger partial charge in [-0.05, 0) is 55.8 Å². The number of amides is 2. The van der Waals surface area contributed by atoms with Gasteiger partial charge in [0, 0.05) is 61.1 Å². The molecule has 0 aliphatic carbocycles. The van der Waals surface area contributed by atoms with Crippen molar-refractivity contribution in [2.75, 3.05) is 61.1 Å². The summed E-state index contributed by atoms with van der Waals surface area (Å²) in [6, 6.07) is 15.9. The van der Waals surface area contributed by atoms with Crippen molar-refractivity contribution in [2.24, 2.45) is 5.92 Å². The third kappa shape index (κ3) is 4.63. The van der Waals surface area contributed by atoms with Crippen LogP contribution in [0.2, 0.25) is 0 Å². The molecule has 7 heteroatoms. The van der Waals surface area contributed by atoms with Gasteiger partial charge in [-0.3, -0.25) is 9.59 Å². The molecule has 2 fully saturated rings. The molecule has 1 atom stereocenters. The van der Waals surface area contributed by atoms with E-state index in [0.717, 1.165) is 42.4 Å². The van der Waals surface area contributed by atoms with Crippen LogP contribution in [0.3, 0.4) is 0 Å². The molecule has 0 saturated carbocycles. The van der Waals surface area contributed by atoms with E-state index in [9.17, 15) is 9.59 Å². The van der Waals surface area contributed by atoms with Crippen LogP contribution in [0.4, 0.5) is 17.1 Å². The lowest BCUT2D eigenvalue weighted by molar-refractivity contribution is -0.122. The third-order valence-electron chi connectivity index (χ3n) is 5.86. The second kappa shape index (κ2) is 9.10. The van der Waals surface area contributed by atoms with Gasteiger partial charge in [-0.2, -0.15) is 0 Å². The molecule has 30 heavy (non-hydrogen) atoms. The molecule has 2 aromatic carbocycles. The number of hydrogen-bond acceptors (Lipinski definition) is 5. The van der Waals surface area contributed by atoms with Gasteiger partial charge in [-0.25, -0.2) is 0 Å². The average molecular weight is 425 g/mol. The minimum atomic E-state index is -0.340. The molecule has 0 unspecified atom stereocenters. The minimum Gasteiger partial charge on any atom is -0.369 e. The van der Waals surface area contributed by atoms with Gasteiger partial charge in [0.2, 0.25) is 11.8 Å². The fourth-order valence-electron chi connectivity index (χ4n) is 3.98. The van der Waals surface area contributed by atoms with Crippen LogP contribution in [0.25, 0.3) is 0 Å². The van der Waals surface area contributed by atoms with Crippen molar-refractivity contribution >= 4 is 40.6 Å². The van der Waals surface area contributed by atoms with Gasteiger partial charge in [0.05, 0.1) is 5.92 Å². The Morgan fingerprint density at radius 1 is 1.03 bits per heavy atom. The first-order valence-corrected chi connectivity index (χ1v) is 11.5. The second-order valence-electron chi connectivity index (χ2n) is 7.93. The Kier molecular flexibility index (Phi) is 6.29. The number of likely N-dealkylation sites (N-methyl/N-ethyl adjacent to an activating group) is 1. The predicted octanol–water partition coefficient (Wildman–Crippen LogP) is 3.15. The zero-order valence-electron chi connectivity index (χ0n) is 17.5. The summed E-state index contributed by atoms with van der Waals surface area (Å²) in [4.78, 5) is 32.8. The van der Waals surface area contributed by atoms with Crippen molar-refractivity contribution < 1.29 is 9.59 Å². The number of carbonyl (C=O) groups is 2. The molecular formula is C23H28N4O2S. The summed E-state index contributed by atoms with van der Waals surface area (Å²) in [7, 11) is 2.14. The van der Waals surface area contributed by atoms with Gasteiger partial charge >= 0.3 is 0 Å². The molecule has 0 spiro atoms. The molecule has 158 valence electrons. The van der Waals surface area contributed by atoms with Crippen LogP contribution in [0.1, 0.15) is 6.42 Å². The number of thioether (sulfide) groups is 1. The lowest BCUT2D eigenvalue weighted by atomic mass is 10.1. The van der Waals surface area contributed by atoms with Crippen molar-refractivity contribution in [3.05, 3.63) is 48.5 Å². The largest absolute Gasteiger partial charge is 0.369 e. The molecule has 2 heterocycles. The Morgan fingerprint density at radius 3 is 2.47 bits per heavy atom. The quantitative estimate of drug-likeness (QED) is 0.748. The fraction of sp³-hybridized carbons (Fsp3) is 0.391. The number of hydrogen-bond donors (Lipinski definition) is 1. The fourth-order valence-corrected chi connectivity index (χ4v) is 4.43. The van der Waals surface area contributed by atoms with Crippen molar-refractivity contribution in [1.29, 1.82) is 0 Å². The van der Waals surface area contributed by atoms with Gasteiger partial charge in [0.1, 0.15) is 0 Å². The van der Waals surface area contributed by atoms with Crippen LogP contribution < -0.4 is 15.1 Å². The van der Waals surface area contributed by atoms with Crippen molar-refractivity contribution in [3.8, 4) is 0 Å². The van der Waals surface area contributed by atoms with E-state index in [1.165, 1.54) is 5.69 Å². The van der Waals surface area contributed by atoms with Gasteiger partial charge in [-0.1, -0.05) is 6.07 Å². The first kappa shape index (κ1) is 20.8. The molecule has 2 amide bonds. The van der Waals surface area contributed by atoms with Crippen LogP contribution in [-0.4, -0.2) is 62.7 Å². The molecule has 2 aliphatic rings. The molecular weight excluding hydrogens is 396 g/mol. The van der Waals surface area contributed by atoms with Crippen LogP contribution in [0, 0.1) is 5.92 Å². The monoisotopic (exact) mass is 424 g/mol. The Morgan fingerprint density at radius 2 is 1.77 bits per heavy atom. The normalized spacial score (nSPS) is 19.9. The van der Waals surface area contributed by atoms with E-state index in [1.807, 2.05) is 42.7 Å². The lowest BCUT2D eigenvalue weighted by Crippen LogP contribution is -2.44. The highest BCUT2D eigenvalue weighted by Crippen LogP contribution is 2.29. The molecule has 2 saturated heterocycles. The van der Waals surface area contributed by atoms with E-state index < -0.39 is 0 Å². The van der Waals surface area contributed by atoms with Crippen LogP contribution in [-0.2, 0) is 9.59 Å². The summed E-state index contributed by atoms with van der Waals surface area (Å²) in [5.41, 5.74) is 2.81. The first-order chi connectivity index (χ1) is 14.5. The predicted molar refractivity (Wildman–Crippen MR) is 123 cm³/mol. The maximum absolute atomic E-state index is 12.8. The van der Waals surface area contributed by atoms with E-state index >= 15 is 0 Å². The number of rotatable bonds is 5. The van der Waals surface area contributed by atoms with Crippen molar-refractivity contribution in [1.82, 2.24) is 4.90 Å². The summed E-state index contributed by atoms with van der Waals surface area (Å²) in [5.74, 6) is -0.439. The highest BCUT2D eigenvalue weighted by atomic mass is 32.2. The standard InChI is InChI=1S/C23H28N4O2S/c1-25-10-12-26(13-11-25)19-8-6-18(7-9-19)24-23(29)17-14-22(28)27(16-17)20-4-3-5-21(15-20)30-2/h3-9,15,17H,10-14,16H2,1-2H3,(H,24,29)/t17-/m0/s1. The van der Waals surface area contributed by atoms with E-state index in [1.54, 1.807) is 16.7 Å². The summed E-state index contributed by atoms with van der Waals surface area (Å²) in [6.45, 7) is 4.57. The van der Waals surface area contributed by atoms with Gasteiger partial charge < -0.3 is 20.0 Å². The Hall–Kier alpha value is -2.51. The summed E-state index contributed by atoms with van der Waals surface area (Å²) >= 11 is 1.64. The molecule has 4 rings (SSSR count). The van der Waals surface area contributed by atoms with Gasteiger partial charge in [0.25, 0.3) is 0 Å². The topological polar surface area (TPSA) is 55.9 Å². The Labute approximate surface area is 182 Å². The smallest absolute Gasteiger partial charge is 0.229 e. The van der Waals surface area contributed by atoms with E-state index in [4.69, 9.17) is 0 Å². The van der Waals surface area contributed by atoms with Crippen LogP contribution in [0.15, 0.2) is 53.4 Å². The summed E-state index contributed by atoms with van der Waals surface area (Å²) < 4.78 is 0. The number of nitrogens with zero attached hydrogens (tertiary/aromatic N) is 3. The molecule has 1 N–H and O–H groups in total. The zero-order valence-corrected chi connectivity index (χ0v) is 18.3. The van der Waals surface area contributed by atoms with Crippen LogP contribution in [0.5, 0.6) is 0 Å². The molecule has 0 aromatic heterocycles. The number of benzene rings is 2. The second-order valence-corrected chi connectivity index (χ2v) is 8.81. The number of piperazine rings is 1. The van der Waals surface area contributed by atoms with Crippen molar-refractivity contribution in [3.63, 3.8) is 0 Å². The maximum atomic E-state index is 12.8. The van der Waals surface area contributed by atoms with E-state index in [0.29, 0.717) is 6.54 Å². The van der Waals surface area contributed by atoms with Gasteiger partial charge in [-0.15, -0.1) is 11.8 Å². The average Bonchev–Trinajstić information content (AvgIpc) is 3.17. The van der Waals surface area contributed by atoms with Crippen molar-refractivity contribution in [2.45, 2.75) is 11.3 Å². The zero-order chi connectivity index (χ0) is 21.1. The molecule has 2 aromatic rings.